The molecule has 0 saturated carbocycles. The number of esters is 1. The average Bonchev–Trinajstić information content (AvgIpc) is 2.49. The second kappa shape index (κ2) is 8.49. The molecular formula is C8H16O4. The van der Waals surface area contributed by atoms with Gasteiger partial charge in [0.05, 0.1) is 6.61 Å². The van der Waals surface area contributed by atoms with Crippen LogP contribution in [0.2, 0.25) is 0 Å². The minimum Gasteiger partial charge on any atom is -0.466 e. The minimum atomic E-state index is -0.597. The maximum atomic E-state index is 10.2. The third kappa shape index (κ3) is 7.50. The third-order valence-corrected chi connectivity index (χ3v) is 1.24. The first-order valence-electron chi connectivity index (χ1n) is 4.60. The van der Waals surface area contributed by atoms with Gasteiger partial charge in [-0.3, -0.25) is 4.79 Å². The molecule has 1 fully saturated rings. The Morgan fingerprint density at radius 3 is 2.17 bits per heavy atom. The lowest BCUT2D eigenvalue weighted by Crippen LogP contribution is -1.88. The maximum Gasteiger partial charge on any atom is 0.305 e. The molecule has 1 unspecified atom stereocenters. The highest BCUT2D eigenvalue weighted by molar-refractivity contribution is 5.70. The molecule has 1 saturated heterocycles. The normalized spacial score (nSPS) is 22.3. The van der Waals surface area contributed by atoms with Crippen LogP contribution >= 0.6 is 0 Å². The van der Waals surface area contributed by atoms with Crippen molar-refractivity contribution in [2.45, 2.75) is 25.7 Å². The second-order valence-electron chi connectivity index (χ2n) is 2.31. The highest BCUT2D eigenvalue weighted by atomic mass is 16.5. The number of aliphatic hydroxyl groups excluding tert-OH is 2. The largest absolute Gasteiger partial charge is 0.466 e. The van der Waals surface area contributed by atoms with Crippen LogP contribution in [0.1, 0.15) is 27.0 Å². The van der Waals surface area contributed by atoms with E-state index in [9.17, 15) is 4.79 Å². The molecule has 0 aromatic rings. The van der Waals surface area contributed by atoms with E-state index in [0.29, 0.717) is 13.0 Å². The Hall–Kier alpha value is -0.610. The number of carbonyl (C=O) groups excluding carboxylic acids is 1. The molecule has 72 valence electrons. The maximum absolute atomic E-state index is 10.2. The van der Waals surface area contributed by atoms with E-state index in [-0.39, 0.29) is 19.2 Å². The number of rotatable bonds is 3. The van der Waals surface area contributed by atoms with Gasteiger partial charge < -0.3 is 14.9 Å². The smallest absolute Gasteiger partial charge is 0.305 e. The Morgan fingerprint density at radius 2 is 2.00 bits per heavy atom. The molecule has 0 aromatic heterocycles. The van der Waals surface area contributed by atoms with Crippen LogP contribution < -0.4 is 0 Å². The molecule has 1 aliphatic rings. The fourth-order valence-corrected chi connectivity index (χ4v) is 0.619. The molecule has 4 nitrogen and oxygen atoms in total. The molecule has 1 heterocycles. The summed E-state index contributed by atoms with van der Waals surface area (Å²) >= 11 is 0. The van der Waals surface area contributed by atoms with Gasteiger partial charge in [0.15, 0.2) is 0 Å². The van der Waals surface area contributed by atoms with Gasteiger partial charge in [-0.05, 0) is 19.3 Å². The monoisotopic (exact) mass is 177 g/mol. The Morgan fingerprint density at radius 1 is 1.42 bits per heavy atom. The Balaban J connectivity index is 0.000000226. The number of aliphatic hydroxyl groups is 2. The van der Waals surface area contributed by atoms with Gasteiger partial charge in [-0.25, -0.2) is 0 Å². The summed E-state index contributed by atoms with van der Waals surface area (Å²) in [6, 6.07) is 0. The Labute approximate surface area is 73.6 Å². The number of cyclic esters (lactones) is 1. The molecule has 0 spiro atoms. The highest BCUT2D eigenvalue weighted by Crippen LogP contribution is 2.01. The van der Waals surface area contributed by atoms with Crippen molar-refractivity contribution >= 4 is 5.97 Å². The first-order valence-corrected chi connectivity index (χ1v) is 4.03. The van der Waals surface area contributed by atoms with Gasteiger partial charge in [0.2, 0.25) is 0 Å². The SMILES string of the molecule is OCCCCO.[2H]C1CCOC1=O. The number of hydrogen-bond donors (Lipinski definition) is 2. The lowest BCUT2D eigenvalue weighted by atomic mass is 10.3. The van der Waals surface area contributed by atoms with Crippen molar-refractivity contribution in [1.29, 1.82) is 0 Å². The van der Waals surface area contributed by atoms with Crippen LogP contribution in [0.5, 0.6) is 0 Å². The first-order chi connectivity index (χ1) is 6.22. The summed E-state index contributed by atoms with van der Waals surface area (Å²) in [5.41, 5.74) is 0. The van der Waals surface area contributed by atoms with Gasteiger partial charge in [-0.2, -0.15) is 0 Å². The van der Waals surface area contributed by atoms with Crippen molar-refractivity contribution < 1.29 is 21.1 Å². The standard InChI is InChI=1S/C4H6O2.C4H10O2/c5-4-2-1-3-6-4;5-3-1-2-4-6/h1-3H2;5-6H,1-4H2/i2D;. The molecule has 12 heavy (non-hydrogen) atoms. The van der Waals surface area contributed by atoms with Crippen LogP contribution in [0.15, 0.2) is 0 Å². The van der Waals surface area contributed by atoms with Gasteiger partial charge in [0.1, 0.15) is 0 Å². The van der Waals surface area contributed by atoms with Crippen LogP contribution in [0.25, 0.3) is 0 Å². The van der Waals surface area contributed by atoms with Crippen molar-refractivity contribution in [2.75, 3.05) is 19.8 Å². The highest BCUT2D eigenvalue weighted by Gasteiger charge is 2.08. The molecule has 1 atom stereocenters. The van der Waals surface area contributed by atoms with E-state index in [1.807, 2.05) is 0 Å². The van der Waals surface area contributed by atoms with E-state index in [1.165, 1.54) is 0 Å². The zero-order chi connectivity index (χ0) is 10.1. The van der Waals surface area contributed by atoms with Gasteiger partial charge in [0.25, 0.3) is 0 Å². The molecule has 0 radical (unpaired) electrons. The second-order valence-corrected chi connectivity index (χ2v) is 2.31. The molecule has 0 bridgehead atoms. The molecular weight excluding hydrogens is 160 g/mol. The van der Waals surface area contributed by atoms with Crippen molar-refractivity contribution in [1.82, 2.24) is 0 Å². The summed E-state index contributed by atoms with van der Waals surface area (Å²) in [6.45, 7) is 0.828. The van der Waals surface area contributed by atoms with Gasteiger partial charge in [0, 0.05) is 21.0 Å². The fraction of sp³-hybridized carbons (Fsp3) is 0.875. The summed E-state index contributed by atoms with van der Waals surface area (Å²) in [5.74, 6) is -0.375. The van der Waals surface area contributed by atoms with Crippen LogP contribution in [0.3, 0.4) is 0 Å². The van der Waals surface area contributed by atoms with Crippen molar-refractivity contribution in [2.24, 2.45) is 0 Å². The quantitative estimate of drug-likeness (QED) is 0.473. The zero-order valence-electron chi connectivity index (χ0n) is 8.03. The van der Waals surface area contributed by atoms with Crippen molar-refractivity contribution in [3.8, 4) is 0 Å². The number of carbonyl (C=O) groups is 1. The minimum absolute atomic E-state index is 0.195. The molecule has 4 heteroatoms. The lowest BCUT2D eigenvalue weighted by Gasteiger charge is -1.85. The molecule has 1 rings (SSSR count). The molecule has 2 N–H and O–H groups in total. The van der Waals surface area contributed by atoms with Crippen LogP contribution in [-0.4, -0.2) is 36.0 Å². The van der Waals surface area contributed by atoms with Crippen LogP contribution in [-0.2, 0) is 9.53 Å². The summed E-state index contributed by atoms with van der Waals surface area (Å²) < 4.78 is 11.3. The lowest BCUT2D eigenvalue weighted by molar-refractivity contribution is -0.137. The number of unbranched alkanes of at least 4 members (excludes halogenated alkanes) is 1. The van der Waals surface area contributed by atoms with Gasteiger partial charge in [-0.1, -0.05) is 0 Å². The van der Waals surface area contributed by atoms with E-state index in [1.54, 1.807) is 0 Å². The summed E-state index contributed by atoms with van der Waals surface area (Å²) in [7, 11) is 0. The van der Waals surface area contributed by atoms with Crippen molar-refractivity contribution in [3.05, 3.63) is 0 Å². The van der Waals surface area contributed by atoms with Crippen molar-refractivity contribution in [3.63, 3.8) is 0 Å². The fourth-order valence-electron chi connectivity index (χ4n) is 0.619. The summed E-state index contributed by atoms with van der Waals surface area (Å²) in [6.07, 6.45) is 1.41. The molecule has 1 aliphatic heterocycles. The van der Waals surface area contributed by atoms with E-state index in [4.69, 9.17) is 11.6 Å². The zero-order valence-corrected chi connectivity index (χ0v) is 7.03. The number of ether oxygens (including phenoxy) is 1. The third-order valence-electron chi connectivity index (χ3n) is 1.24. The van der Waals surface area contributed by atoms with Crippen LogP contribution in [0, 0.1) is 0 Å². The molecule has 0 amide bonds. The van der Waals surface area contributed by atoms with Gasteiger partial charge in [-0.15, -0.1) is 0 Å². The molecule has 0 aliphatic carbocycles. The van der Waals surface area contributed by atoms with E-state index in [2.05, 4.69) is 4.74 Å². The summed E-state index contributed by atoms with van der Waals surface area (Å²) in [4.78, 5) is 10.2. The van der Waals surface area contributed by atoms with Crippen LogP contribution in [0.4, 0.5) is 0 Å². The topological polar surface area (TPSA) is 66.8 Å². The van der Waals surface area contributed by atoms with E-state index < -0.39 is 6.40 Å². The Kier molecular flexibility index (Phi) is 6.70. The average molecular weight is 177 g/mol. The summed E-state index contributed by atoms with van der Waals surface area (Å²) in [5, 5.41) is 16.2. The van der Waals surface area contributed by atoms with E-state index in [0.717, 1.165) is 12.8 Å². The first kappa shape index (κ1) is 9.48. The molecule has 0 aromatic carbocycles. The predicted molar refractivity (Wildman–Crippen MR) is 43.6 cm³/mol. The van der Waals surface area contributed by atoms with E-state index >= 15 is 0 Å². The predicted octanol–water partition coefficient (Wildman–Crippen LogP) is 0.0746. The Bertz CT molecular complexity index is 136. The van der Waals surface area contributed by atoms with Gasteiger partial charge >= 0.3 is 5.97 Å². The number of hydrogen-bond acceptors (Lipinski definition) is 4.